The van der Waals surface area contributed by atoms with Gasteiger partial charge in [-0.1, -0.05) is 30.3 Å². The number of hydrogen-bond acceptors (Lipinski definition) is 6. The third kappa shape index (κ3) is 4.02. The SMILES string of the molecule is COc1ccc(CNC2CCc3c(sc4ncn(C5Cc6ccccc6C5)c(=O)c34)C2)cc1OC. The zero-order valence-corrected chi connectivity index (χ0v) is 20.9. The second-order valence-electron chi connectivity index (χ2n) is 9.48. The molecule has 6 nitrogen and oxygen atoms in total. The van der Waals surface area contributed by atoms with E-state index >= 15 is 0 Å². The van der Waals surface area contributed by atoms with E-state index < -0.39 is 0 Å². The molecular weight excluding hydrogens is 458 g/mol. The first-order valence-corrected chi connectivity index (χ1v) is 13.0. The first kappa shape index (κ1) is 22.3. The third-order valence-corrected chi connectivity index (χ3v) is 8.62. The standard InChI is InChI=1S/C28H29N3O3S/c1-33-23-10-7-17(11-24(23)34-2)15-29-20-8-9-22-25(14-20)35-27-26(22)28(32)31(16-30-27)21-12-18-5-3-4-6-19(18)13-21/h3-7,10-11,16,20-21,29H,8-9,12-15H2,1-2H3. The second kappa shape index (κ2) is 9.13. The van der Waals surface area contributed by atoms with E-state index in [0.29, 0.717) is 6.04 Å². The van der Waals surface area contributed by atoms with Crippen molar-refractivity contribution in [2.75, 3.05) is 14.2 Å². The number of ether oxygens (including phenoxy) is 2. The Hall–Kier alpha value is -3.16. The molecule has 1 N–H and O–H groups in total. The summed E-state index contributed by atoms with van der Waals surface area (Å²) in [6, 6.07) is 15.1. The van der Waals surface area contributed by atoms with Crippen molar-refractivity contribution in [2.45, 2.75) is 50.7 Å². The highest BCUT2D eigenvalue weighted by atomic mass is 32.1. The van der Waals surface area contributed by atoms with Crippen molar-refractivity contribution in [3.8, 4) is 11.5 Å². The highest BCUT2D eigenvalue weighted by Crippen LogP contribution is 2.35. The molecule has 0 radical (unpaired) electrons. The van der Waals surface area contributed by atoms with Crippen molar-refractivity contribution < 1.29 is 9.47 Å². The Kier molecular flexibility index (Phi) is 5.82. The molecule has 7 heteroatoms. The molecule has 0 bridgehead atoms. The molecule has 4 aromatic rings. The summed E-state index contributed by atoms with van der Waals surface area (Å²) in [6.07, 6.45) is 6.42. The molecule has 35 heavy (non-hydrogen) atoms. The number of benzene rings is 2. The van der Waals surface area contributed by atoms with Gasteiger partial charge in [-0.3, -0.25) is 9.36 Å². The first-order valence-electron chi connectivity index (χ1n) is 12.2. The third-order valence-electron chi connectivity index (χ3n) is 7.46. The zero-order chi connectivity index (χ0) is 23.9. The molecule has 0 aliphatic heterocycles. The van der Waals surface area contributed by atoms with E-state index in [-0.39, 0.29) is 11.6 Å². The van der Waals surface area contributed by atoms with Gasteiger partial charge in [-0.2, -0.15) is 0 Å². The van der Waals surface area contributed by atoms with Crippen molar-refractivity contribution in [3.05, 3.63) is 86.3 Å². The van der Waals surface area contributed by atoms with E-state index in [1.807, 2.05) is 16.7 Å². The maximum absolute atomic E-state index is 13.6. The van der Waals surface area contributed by atoms with Gasteiger partial charge in [0.1, 0.15) is 4.83 Å². The minimum atomic E-state index is 0.127. The van der Waals surface area contributed by atoms with Gasteiger partial charge < -0.3 is 14.8 Å². The van der Waals surface area contributed by atoms with Crippen LogP contribution in [0, 0.1) is 0 Å². The summed E-state index contributed by atoms with van der Waals surface area (Å²) in [5, 5.41) is 4.55. The number of hydrogen-bond donors (Lipinski definition) is 1. The van der Waals surface area contributed by atoms with Crippen molar-refractivity contribution in [3.63, 3.8) is 0 Å². The van der Waals surface area contributed by atoms with Crippen LogP contribution in [0.2, 0.25) is 0 Å². The van der Waals surface area contributed by atoms with E-state index in [0.717, 1.165) is 65.9 Å². The molecule has 1 atom stereocenters. The van der Waals surface area contributed by atoms with Gasteiger partial charge in [0.25, 0.3) is 5.56 Å². The average Bonchev–Trinajstić information content (AvgIpc) is 3.48. The average molecular weight is 488 g/mol. The Morgan fingerprint density at radius 1 is 1.06 bits per heavy atom. The number of nitrogens with zero attached hydrogens (tertiary/aromatic N) is 2. The van der Waals surface area contributed by atoms with E-state index in [9.17, 15) is 4.79 Å². The number of thiophene rings is 1. The number of fused-ring (bicyclic) bond motifs is 4. The van der Waals surface area contributed by atoms with Crippen molar-refractivity contribution in [1.29, 1.82) is 0 Å². The molecule has 0 spiro atoms. The number of nitrogens with one attached hydrogen (secondary N) is 1. The van der Waals surface area contributed by atoms with E-state index in [2.05, 4.69) is 35.6 Å². The molecule has 1 unspecified atom stereocenters. The van der Waals surface area contributed by atoms with E-state index in [1.54, 1.807) is 31.9 Å². The van der Waals surface area contributed by atoms with Gasteiger partial charge in [0.05, 0.1) is 25.9 Å². The number of rotatable bonds is 6. The van der Waals surface area contributed by atoms with Gasteiger partial charge in [0.15, 0.2) is 11.5 Å². The van der Waals surface area contributed by atoms with Crippen LogP contribution < -0.4 is 20.3 Å². The predicted molar refractivity (Wildman–Crippen MR) is 139 cm³/mol. The molecular formula is C28H29N3O3S. The Labute approximate surface area is 208 Å². The summed E-state index contributed by atoms with van der Waals surface area (Å²) in [5.41, 5.74) is 5.20. The monoisotopic (exact) mass is 487 g/mol. The minimum absolute atomic E-state index is 0.127. The van der Waals surface area contributed by atoms with Crippen LogP contribution in [-0.4, -0.2) is 29.8 Å². The molecule has 0 saturated carbocycles. The fraction of sp³-hybridized carbons (Fsp3) is 0.357. The maximum atomic E-state index is 13.6. The second-order valence-corrected chi connectivity index (χ2v) is 10.6. The predicted octanol–water partition coefficient (Wildman–Crippen LogP) is 4.46. The van der Waals surface area contributed by atoms with Gasteiger partial charge in [0.2, 0.25) is 0 Å². The quantitative estimate of drug-likeness (QED) is 0.435. The normalized spacial score (nSPS) is 17.4. The fourth-order valence-corrected chi connectivity index (χ4v) is 6.86. The largest absolute Gasteiger partial charge is 0.493 e. The summed E-state index contributed by atoms with van der Waals surface area (Å²) in [6.45, 7) is 0.762. The Morgan fingerprint density at radius 3 is 2.57 bits per heavy atom. The molecule has 6 rings (SSSR count). The highest BCUT2D eigenvalue weighted by molar-refractivity contribution is 7.18. The topological polar surface area (TPSA) is 65.4 Å². The Balaban J connectivity index is 1.20. The van der Waals surface area contributed by atoms with Gasteiger partial charge in [-0.25, -0.2) is 4.98 Å². The van der Waals surface area contributed by atoms with Crippen molar-refractivity contribution in [1.82, 2.24) is 14.9 Å². The lowest BCUT2D eigenvalue weighted by Gasteiger charge is -2.23. The highest BCUT2D eigenvalue weighted by Gasteiger charge is 2.28. The molecule has 2 aromatic heterocycles. The zero-order valence-electron chi connectivity index (χ0n) is 20.0. The summed E-state index contributed by atoms with van der Waals surface area (Å²) < 4.78 is 12.7. The smallest absolute Gasteiger partial charge is 0.262 e. The Morgan fingerprint density at radius 2 is 1.83 bits per heavy atom. The summed E-state index contributed by atoms with van der Waals surface area (Å²) in [4.78, 5) is 20.5. The van der Waals surface area contributed by atoms with Crippen LogP contribution in [0.1, 0.15) is 39.6 Å². The summed E-state index contributed by atoms with van der Waals surface area (Å²) in [5.74, 6) is 1.48. The van der Waals surface area contributed by atoms with Gasteiger partial charge in [0, 0.05) is 23.5 Å². The lowest BCUT2D eigenvalue weighted by atomic mass is 9.93. The van der Waals surface area contributed by atoms with Crippen LogP contribution in [-0.2, 0) is 32.2 Å². The van der Waals surface area contributed by atoms with E-state index in [4.69, 9.17) is 14.5 Å². The summed E-state index contributed by atoms with van der Waals surface area (Å²) in [7, 11) is 3.31. The number of aryl methyl sites for hydroxylation is 1. The van der Waals surface area contributed by atoms with Crippen LogP contribution in [0.5, 0.6) is 11.5 Å². The van der Waals surface area contributed by atoms with E-state index in [1.165, 1.54) is 21.6 Å². The molecule has 0 fully saturated rings. The van der Waals surface area contributed by atoms with Crippen LogP contribution in [0.4, 0.5) is 0 Å². The molecule has 2 aliphatic carbocycles. The molecule has 2 aromatic carbocycles. The van der Waals surface area contributed by atoms with Gasteiger partial charge in [-0.15, -0.1) is 11.3 Å². The van der Waals surface area contributed by atoms with Gasteiger partial charge >= 0.3 is 0 Å². The molecule has 0 saturated heterocycles. The van der Waals surface area contributed by atoms with Crippen LogP contribution >= 0.6 is 11.3 Å². The van der Waals surface area contributed by atoms with Gasteiger partial charge in [-0.05, 0) is 66.5 Å². The fourth-order valence-electron chi connectivity index (χ4n) is 5.60. The number of aromatic nitrogens is 2. The summed E-state index contributed by atoms with van der Waals surface area (Å²) >= 11 is 1.69. The lowest BCUT2D eigenvalue weighted by molar-refractivity contribution is 0.354. The maximum Gasteiger partial charge on any atom is 0.262 e. The van der Waals surface area contributed by atoms with Crippen molar-refractivity contribution >= 4 is 21.6 Å². The van der Waals surface area contributed by atoms with Crippen LogP contribution in [0.15, 0.2) is 53.6 Å². The van der Waals surface area contributed by atoms with Crippen molar-refractivity contribution in [2.24, 2.45) is 0 Å². The molecule has 2 aliphatic rings. The Bertz CT molecular complexity index is 1430. The number of methoxy groups -OCH3 is 2. The molecule has 180 valence electrons. The first-order chi connectivity index (χ1) is 17.1. The molecule has 0 amide bonds. The molecule has 2 heterocycles. The lowest BCUT2D eigenvalue weighted by Crippen LogP contribution is -2.34. The van der Waals surface area contributed by atoms with Crippen LogP contribution in [0.25, 0.3) is 10.2 Å². The minimum Gasteiger partial charge on any atom is -0.493 e. The van der Waals surface area contributed by atoms with Crippen LogP contribution in [0.3, 0.4) is 0 Å².